The number of nitrogens with one attached hydrogen (secondary N) is 1. The van der Waals surface area contributed by atoms with Crippen molar-refractivity contribution in [3.8, 4) is 5.69 Å². The second-order valence-corrected chi connectivity index (χ2v) is 5.95. The van der Waals surface area contributed by atoms with Gasteiger partial charge in [0.1, 0.15) is 0 Å². The molecule has 1 aromatic carbocycles. The SMILES string of the molecule is CCC1(C)CC(Nc2ccccc2-n2cccn2)CCO1. The van der Waals surface area contributed by atoms with E-state index < -0.39 is 0 Å². The first-order valence-electron chi connectivity index (χ1n) is 7.70. The molecule has 1 aromatic heterocycles. The minimum absolute atomic E-state index is 0.00341. The van der Waals surface area contributed by atoms with Crippen LogP contribution in [-0.4, -0.2) is 28.0 Å². The standard InChI is InChI=1S/C17H23N3O/c1-3-17(2)13-14(9-12-21-17)19-15-7-4-5-8-16(15)20-11-6-10-18-20/h4-8,10-11,14,19H,3,9,12-13H2,1-2H3. The minimum atomic E-state index is -0.00341. The summed E-state index contributed by atoms with van der Waals surface area (Å²) >= 11 is 0. The van der Waals surface area contributed by atoms with Crippen molar-refractivity contribution in [2.45, 2.75) is 44.8 Å². The normalized spacial score (nSPS) is 25.7. The molecule has 4 heteroatoms. The average Bonchev–Trinajstić information content (AvgIpc) is 3.02. The summed E-state index contributed by atoms with van der Waals surface area (Å²) in [7, 11) is 0. The molecule has 1 N–H and O–H groups in total. The summed E-state index contributed by atoms with van der Waals surface area (Å²) in [6, 6.07) is 10.7. The van der Waals surface area contributed by atoms with Crippen molar-refractivity contribution in [3.05, 3.63) is 42.7 Å². The Morgan fingerprint density at radius 1 is 1.38 bits per heavy atom. The fourth-order valence-corrected chi connectivity index (χ4v) is 2.93. The highest BCUT2D eigenvalue weighted by molar-refractivity contribution is 5.61. The second kappa shape index (κ2) is 5.90. The van der Waals surface area contributed by atoms with E-state index in [0.717, 1.165) is 37.2 Å². The number of ether oxygens (including phenoxy) is 1. The minimum Gasteiger partial charge on any atom is -0.380 e. The molecule has 2 aromatic rings. The van der Waals surface area contributed by atoms with Gasteiger partial charge in [0.25, 0.3) is 0 Å². The van der Waals surface area contributed by atoms with Crippen LogP contribution in [0.2, 0.25) is 0 Å². The average molecular weight is 285 g/mol. The zero-order valence-corrected chi connectivity index (χ0v) is 12.7. The van der Waals surface area contributed by atoms with Gasteiger partial charge in [0.2, 0.25) is 0 Å². The van der Waals surface area contributed by atoms with Gasteiger partial charge in [-0.25, -0.2) is 4.68 Å². The number of nitrogens with zero attached hydrogens (tertiary/aromatic N) is 2. The van der Waals surface area contributed by atoms with Crippen LogP contribution < -0.4 is 5.32 Å². The second-order valence-electron chi connectivity index (χ2n) is 5.95. The largest absolute Gasteiger partial charge is 0.380 e. The van der Waals surface area contributed by atoms with Crippen LogP contribution in [-0.2, 0) is 4.74 Å². The quantitative estimate of drug-likeness (QED) is 0.932. The van der Waals surface area contributed by atoms with Gasteiger partial charge in [-0.3, -0.25) is 0 Å². The Bertz CT molecular complexity index is 581. The van der Waals surface area contributed by atoms with Crippen molar-refractivity contribution >= 4 is 5.69 Å². The van der Waals surface area contributed by atoms with Gasteiger partial charge in [-0.05, 0) is 44.4 Å². The Hall–Kier alpha value is -1.81. The van der Waals surface area contributed by atoms with Crippen LogP contribution in [0.3, 0.4) is 0 Å². The predicted octanol–water partition coefficient (Wildman–Crippen LogP) is 3.63. The number of benzene rings is 1. The molecule has 112 valence electrons. The van der Waals surface area contributed by atoms with Crippen LogP contribution in [0.4, 0.5) is 5.69 Å². The van der Waals surface area contributed by atoms with E-state index in [0.29, 0.717) is 6.04 Å². The lowest BCUT2D eigenvalue weighted by Crippen LogP contribution is -2.42. The van der Waals surface area contributed by atoms with Crippen LogP contribution in [0.15, 0.2) is 42.7 Å². The molecular formula is C17H23N3O. The van der Waals surface area contributed by atoms with Crippen molar-refractivity contribution < 1.29 is 4.74 Å². The molecule has 4 nitrogen and oxygen atoms in total. The van der Waals surface area contributed by atoms with Crippen LogP contribution in [0.25, 0.3) is 5.69 Å². The molecule has 1 aliphatic heterocycles. The highest BCUT2D eigenvalue weighted by atomic mass is 16.5. The maximum Gasteiger partial charge on any atom is 0.0876 e. The highest BCUT2D eigenvalue weighted by Crippen LogP contribution is 2.30. The van der Waals surface area contributed by atoms with E-state index in [1.54, 1.807) is 6.20 Å². The number of hydrogen-bond donors (Lipinski definition) is 1. The molecule has 0 spiro atoms. The van der Waals surface area contributed by atoms with Crippen LogP contribution >= 0.6 is 0 Å². The third kappa shape index (κ3) is 3.10. The summed E-state index contributed by atoms with van der Waals surface area (Å²) in [5.41, 5.74) is 2.22. The first-order valence-corrected chi connectivity index (χ1v) is 7.70. The fraction of sp³-hybridized carbons (Fsp3) is 0.471. The van der Waals surface area contributed by atoms with Crippen molar-refractivity contribution in [1.82, 2.24) is 9.78 Å². The van der Waals surface area contributed by atoms with E-state index >= 15 is 0 Å². The third-order valence-electron chi connectivity index (χ3n) is 4.36. The molecule has 1 aliphatic rings. The molecule has 21 heavy (non-hydrogen) atoms. The van der Waals surface area contributed by atoms with Gasteiger partial charge in [-0.1, -0.05) is 19.1 Å². The molecule has 1 fully saturated rings. The summed E-state index contributed by atoms with van der Waals surface area (Å²) in [6.07, 6.45) is 6.91. The maximum atomic E-state index is 5.93. The van der Waals surface area contributed by atoms with Gasteiger partial charge >= 0.3 is 0 Å². The molecule has 0 saturated carbocycles. The molecule has 0 radical (unpaired) electrons. The summed E-state index contributed by atoms with van der Waals surface area (Å²) in [5.74, 6) is 0. The Morgan fingerprint density at radius 2 is 2.24 bits per heavy atom. The maximum absolute atomic E-state index is 5.93. The molecular weight excluding hydrogens is 262 g/mol. The monoisotopic (exact) mass is 285 g/mol. The van der Waals surface area contributed by atoms with Crippen molar-refractivity contribution in [3.63, 3.8) is 0 Å². The van der Waals surface area contributed by atoms with Gasteiger partial charge in [-0.2, -0.15) is 5.10 Å². The molecule has 2 atom stereocenters. The Labute approximate surface area is 126 Å². The van der Waals surface area contributed by atoms with Gasteiger partial charge in [0, 0.05) is 25.0 Å². The number of aromatic nitrogens is 2. The molecule has 0 amide bonds. The van der Waals surface area contributed by atoms with Crippen LogP contribution in [0.5, 0.6) is 0 Å². The molecule has 0 bridgehead atoms. The molecule has 0 aliphatic carbocycles. The number of para-hydroxylation sites is 2. The first kappa shape index (κ1) is 14.1. The third-order valence-corrected chi connectivity index (χ3v) is 4.36. The smallest absolute Gasteiger partial charge is 0.0876 e. The molecule has 2 heterocycles. The lowest BCUT2D eigenvalue weighted by Gasteiger charge is -2.38. The highest BCUT2D eigenvalue weighted by Gasteiger charge is 2.31. The fourth-order valence-electron chi connectivity index (χ4n) is 2.93. The molecule has 2 unspecified atom stereocenters. The first-order chi connectivity index (χ1) is 10.2. The van der Waals surface area contributed by atoms with E-state index in [9.17, 15) is 0 Å². The summed E-state index contributed by atoms with van der Waals surface area (Å²) < 4.78 is 7.83. The Morgan fingerprint density at radius 3 is 3.00 bits per heavy atom. The zero-order chi connectivity index (χ0) is 14.7. The van der Waals surface area contributed by atoms with Gasteiger partial charge in [0.05, 0.1) is 17.0 Å². The van der Waals surface area contributed by atoms with Crippen molar-refractivity contribution in [2.75, 3.05) is 11.9 Å². The predicted molar refractivity (Wildman–Crippen MR) is 84.9 cm³/mol. The van der Waals surface area contributed by atoms with Gasteiger partial charge in [0.15, 0.2) is 0 Å². The van der Waals surface area contributed by atoms with E-state index in [2.05, 4.69) is 42.5 Å². The van der Waals surface area contributed by atoms with E-state index in [1.807, 2.05) is 23.0 Å². The van der Waals surface area contributed by atoms with Gasteiger partial charge < -0.3 is 10.1 Å². The summed E-state index contributed by atoms with van der Waals surface area (Å²) in [4.78, 5) is 0. The lowest BCUT2D eigenvalue weighted by atomic mass is 9.90. The number of hydrogen-bond acceptors (Lipinski definition) is 3. The lowest BCUT2D eigenvalue weighted by molar-refractivity contribution is -0.0708. The van der Waals surface area contributed by atoms with Crippen LogP contribution in [0.1, 0.15) is 33.1 Å². The topological polar surface area (TPSA) is 39.1 Å². The van der Waals surface area contributed by atoms with E-state index in [-0.39, 0.29) is 5.60 Å². The number of anilines is 1. The zero-order valence-electron chi connectivity index (χ0n) is 12.7. The summed E-state index contributed by atoms with van der Waals surface area (Å²) in [6.45, 7) is 5.23. The molecule has 1 saturated heterocycles. The number of rotatable bonds is 4. The molecule has 3 rings (SSSR count). The Balaban J connectivity index is 1.79. The van der Waals surface area contributed by atoms with E-state index in [1.165, 1.54) is 0 Å². The van der Waals surface area contributed by atoms with E-state index in [4.69, 9.17) is 4.74 Å². The summed E-state index contributed by atoms with van der Waals surface area (Å²) in [5, 5.41) is 8.02. The van der Waals surface area contributed by atoms with Crippen LogP contribution in [0, 0.1) is 0 Å². The van der Waals surface area contributed by atoms with Gasteiger partial charge in [-0.15, -0.1) is 0 Å². The Kier molecular flexibility index (Phi) is 3.97. The van der Waals surface area contributed by atoms with Crippen molar-refractivity contribution in [1.29, 1.82) is 0 Å². The van der Waals surface area contributed by atoms with Crippen molar-refractivity contribution in [2.24, 2.45) is 0 Å².